The molecule has 4 rings (SSSR count). The van der Waals surface area contributed by atoms with E-state index in [1.165, 1.54) is 12.1 Å². The van der Waals surface area contributed by atoms with Crippen molar-refractivity contribution in [2.75, 3.05) is 13.2 Å². The average molecular weight is 518 g/mol. The predicted octanol–water partition coefficient (Wildman–Crippen LogP) is 6.91. The Bertz CT molecular complexity index is 1390. The normalized spacial score (nSPS) is 10.8. The smallest absolute Gasteiger partial charge is 0.343 e. The second-order valence-electron chi connectivity index (χ2n) is 8.72. The van der Waals surface area contributed by atoms with Crippen LogP contribution in [0.5, 0.6) is 11.5 Å². The van der Waals surface area contributed by atoms with Gasteiger partial charge in [0.1, 0.15) is 11.3 Å². The average Bonchev–Trinajstić information content (AvgIpc) is 3.35. The van der Waals surface area contributed by atoms with Gasteiger partial charge in [-0.3, -0.25) is 0 Å². The van der Waals surface area contributed by atoms with E-state index in [-0.39, 0.29) is 17.3 Å². The fraction of sp³-hybridized carbons (Fsp3) is 0.233. The Morgan fingerprint density at radius 3 is 2.39 bits per heavy atom. The summed E-state index contributed by atoms with van der Waals surface area (Å²) in [5, 5.41) is 0. The van der Waals surface area contributed by atoms with Gasteiger partial charge in [-0.2, -0.15) is 0 Å². The maximum absolute atomic E-state index is 14.5. The summed E-state index contributed by atoms with van der Waals surface area (Å²) in [6.07, 6.45) is 3.17. The summed E-state index contributed by atoms with van der Waals surface area (Å²) in [6.45, 7) is 5.82. The van der Waals surface area contributed by atoms with E-state index in [4.69, 9.17) is 18.6 Å². The fourth-order valence-electron chi connectivity index (χ4n) is 3.60. The molecule has 1 heterocycles. The zero-order valence-electron chi connectivity index (χ0n) is 21.1. The first-order valence-corrected chi connectivity index (χ1v) is 12.3. The number of halogens is 1. The molecule has 0 saturated carbocycles. The second kappa shape index (κ2) is 12.7. The highest BCUT2D eigenvalue weighted by molar-refractivity contribution is 5.91. The summed E-state index contributed by atoms with van der Waals surface area (Å²) in [5.41, 5.74) is 2.63. The van der Waals surface area contributed by atoms with Crippen LogP contribution >= 0.6 is 0 Å². The van der Waals surface area contributed by atoms with Crippen LogP contribution in [0.2, 0.25) is 0 Å². The van der Waals surface area contributed by atoms with Crippen molar-refractivity contribution in [3.05, 3.63) is 90.3 Å². The lowest BCUT2D eigenvalue weighted by Gasteiger charge is -2.09. The van der Waals surface area contributed by atoms with Gasteiger partial charge in [0.2, 0.25) is 5.89 Å². The maximum Gasteiger partial charge on any atom is 0.343 e. The van der Waals surface area contributed by atoms with Gasteiger partial charge in [-0.25, -0.2) is 19.0 Å². The number of hydrogen-bond acceptors (Lipinski definition) is 7. The highest BCUT2D eigenvalue weighted by Crippen LogP contribution is 2.26. The van der Waals surface area contributed by atoms with Crippen LogP contribution < -0.4 is 9.47 Å². The van der Waals surface area contributed by atoms with Gasteiger partial charge < -0.3 is 18.6 Å². The number of carbonyl (C=O) groups is 2. The van der Waals surface area contributed by atoms with Crippen molar-refractivity contribution in [1.29, 1.82) is 0 Å². The number of rotatable bonds is 12. The maximum atomic E-state index is 14.5. The highest BCUT2D eigenvalue weighted by atomic mass is 19.1. The van der Waals surface area contributed by atoms with E-state index in [0.29, 0.717) is 36.0 Å². The van der Waals surface area contributed by atoms with Gasteiger partial charge >= 0.3 is 11.9 Å². The van der Waals surface area contributed by atoms with E-state index in [1.807, 2.05) is 24.3 Å². The monoisotopic (exact) mass is 517 g/mol. The van der Waals surface area contributed by atoms with Crippen molar-refractivity contribution in [3.63, 3.8) is 0 Å². The summed E-state index contributed by atoms with van der Waals surface area (Å²) < 4.78 is 36.2. The number of oxazole rings is 1. The minimum absolute atomic E-state index is 0.0691. The fourth-order valence-corrected chi connectivity index (χ4v) is 3.60. The molecule has 8 heteroatoms. The Balaban J connectivity index is 1.22. The summed E-state index contributed by atoms with van der Waals surface area (Å²) >= 11 is 0. The highest BCUT2D eigenvalue weighted by Gasteiger charge is 2.14. The number of fused-ring (bicyclic) bond motifs is 1. The lowest BCUT2D eigenvalue weighted by molar-refractivity contribution is -0.139. The Hall–Kier alpha value is -4.46. The van der Waals surface area contributed by atoms with Crippen LogP contribution in [0.15, 0.2) is 83.3 Å². The number of benzene rings is 3. The third-order valence-corrected chi connectivity index (χ3v) is 5.65. The largest absolute Gasteiger partial charge is 0.491 e. The molecule has 3 aromatic carbocycles. The third-order valence-electron chi connectivity index (χ3n) is 5.65. The van der Waals surface area contributed by atoms with Gasteiger partial charge in [0, 0.05) is 11.1 Å². The Morgan fingerprint density at radius 1 is 0.947 bits per heavy atom. The van der Waals surface area contributed by atoms with Gasteiger partial charge in [-0.1, -0.05) is 18.7 Å². The number of hydrogen-bond donors (Lipinski definition) is 0. The molecule has 0 aliphatic heterocycles. The second-order valence-corrected chi connectivity index (χ2v) is 8.72. The van der Waals surface area contributed by atoms with Crippen molar-refractivity contribution in [3.8, 4) is 23.0 Å². The molecule has 4 aromatic rings. The molecular weight excluding hydrogens is 489 g/mol. The molecule has 1 aromatic heterocycles. The standard InChI is InChI=1S/C30H28FNO6/c1-20(2)29(33)36-18-8-4-3-7-17-35-26-16-13-22(19-24(26)31)30(34)37-23-14-11-21(12-15-23)28-32-25-9-5-6-10-27(25)38-28/h5-6,9-16,19H,1,3-4,7-8,17-18H2,2H3. The molecule has 7 nitrogen and oxygen atoms in total. The molecule has 0 radical (unpaired) electrons. The van der Waals surface area contributed by atoms with Crippen molar-refractivity contribution in [2.24, 2.45) is 0 Å². The summed E-state index contributed by atoms with van der Waals surface area (Å²) in [6, 6.07) is 18.2. The van der Waals surface area contributed by atoms with Gasteiger partial charge in [-0.15, -0.1) is 0 Å². The van der Waals surface area contributed by atoms with E-state index < -0.39 is 11.8 Å². The number of ether oxygens (including phenoxy) is 3. The topological polar surface area (TPSA) is 87.9 Å². The number of nitrogens with zero attached hydrogens (tertiary/aromatic N) is 1. The van der Waals surface area contributed by atoms with Crippen LogP contribution in [-0.4, -0.2) is 30.1 Å². The van der Waals surface area contributed by atoms with Gasteiger partial charge in [0.15, 0.2) is 17.1 Å². The molecule has 38 heavy (non-hydrogen) atoms. The van der Waals surface area contributed by atoms with Crippen molar-refractivity contribution in [2.45, 2.75) is 32.6 Å². The third kappa shape index (κ3) is 7.06. The molecule has 0 spiro atoms. The van der Waals surface area contributed by atoms with E-state index in [0.717, 1.165) is 42.8 Å². The molecular formula is C30H28FNO6. The molecule has 0 unspecified atom stereocenters. The van der Waals surface area contributed by atoms with Crippen molar-refractivity contribution < 1.29 is 32.6 Å². The number of unbranched alkanes of at least 4 members (excludes halogenated alkanes) is 3. The minimum Gasteiger partial charge on any atom is -0.491 e. The number of aromatic nitrogens is 1. The summed E-state index contributed by atoms with van der Waals surface area (Å²) in [7, 11) is 0. The molecule has 0 fully saturated rings. The number of esters is 2. The van der Waals surface area contributed by atoms with Crippen LogP contribution in [0, 0.1) is 5.82 Å². The molecule has 0 saturated heterocycles. The number of para-hydroxylation sites is 2. The Kier molecular flexibility index (Phi) is 8.87. The van der Waals surface area contributed by atoms with Crippen LogP contribution in [0.25, 0.3) is 22.6 Å². The van der Waals surface area contributed by atoms with Crippen LogP contribution in [0.4, 0.5) is 4.39 Å². The van der Waals surface area contributed by atoms with Gasteiger partial charge in [-0.05, 0) is 87.2 Å². The molecule has 0 atom stereocenters. The van der Waals surface area contributed by atoms with Crippen molar-refractivity contribution >= 4 is 23.0 Å². The first kappa shape index (κ1) is 26.6. The van der Waals surface area contributed by atoms with Crippen molar-refractivity contribution in [1.82, 2.24) is 4.98 Å². The lowest BCUT2D eigenvalue weighted by Crippen LogP contribution is -2.09. The van der Waals surface area contributed by atoms with E-state index in [9.17, 15) is 14.0 Å². The van der Waals surface area contributed by atoms with Gasteiger partial charge in [0.05, 0.1) is 18.8 Å². The van der Waals surface area contributed by atoms with Gasteiger partial charge in [0.25, 0.3) is 0 Å². The van der Waals surface area contributed by atoms with E-state index in [1.54, 1.807) is 31.2 Å². The van der Waals surface area contributed by atoms with E-state index >= 15 is 0 Å². The summed E-state index contributed by atoms with van der Waals surface area (Å²) in [4.78, 5) is 28.3. The van der Waals surface area contributed by atoms with Crippen LogP contribution in [0.1, 0.15) is 43.0 Å². The quantitative estimate of drug-likeness (QED) is 0.0873. The Labute approximate surface area is 219 Å². The molecule has 0 aliphatic rings. The lowest BCUT2D eigenvalue weighted by atomic mass is 10.2. The SMILES string of the molecule is C=C(C)C(=O)OCCCCCCOc1ccc(C(=O)Oc2ccc(-c3nc4ccccc4o3)cc2)cc1F. The van der Waals surface area contributed by atoms with Crippen LogP contribution in [-0.2, 0) is 9.53 Å². The molecule has 196 valence electrons. The minimum atomic E-state index is -0.683. The molecule has 0 N–H and O–H groups in total. The zero-order valence-corrected chi connectivity index (χ0v) is 21.1. The Morgan fingerprint density at radius 2 is 1.68 bits per heavy atom. The summed E-state index contributed by atoms with van der Waals surface area (Å²) in [5.74, 6) is -0.865. The molecule has 0 aliphatic carbocycles. The zero-order chi connectivity index (χ0) is 26.9. The first-order chi connectivity index (χ1) is 18.4. The van der Waals surface area contributed by atoms with Crippen LogP contribution in [0.3, 0.4) is 0 Å². The predicted molar refractivity (Wildman–Crippen MR) is 141 cm³/mol. The number of carbonyl (C=O) groups excluding carboxylic acids is 2. The van der Waals surface area contributed by atoms with E-state index in [2.05, 4.69) is 11.6 Å². The first-order valence-electron chi connectivity index (χ1n) is 12.3. The molecule has 0 bridgehead atoms. The molecule has 0 amide bonds.